The maximum Gasteiger partial charge on any atom is 0.410 e. The highest BCUT2D eigenvalue weighted by Gasteiger charge is 2.42. The molecule has 2 aliphatic heterocycles. The first-order valence-electron chi connectivity index (χ1n) is 11.1. The number of benzene rings is 1. The zero-order valence-electron chi connectivity index (χ0n) is 19.7. The molecule has 1 atom stereocenters. The van der Waals surface area contributed by atoms with Crippen LogP contribution in [0.3, 0.4) is 0 Å². The van der Waals surface area contributed by atoms with E-state index in [4.69, 9.17) is 4.74 Å². The average Bonchev–Trinajstić information content (AvgIpc) is 3.00. The Morgan fingerprint density at radius 3 is 2.45 bits per heavy atom. The third-order valence-electron chi connectivity index (χ3n) is 6.36. The summed E-state index contributed by atoms with van der Waals surface area (Å²) in [5.74, 6) is -0.785. The van der Waals surface area contributed by atoms with Crippen LogP contribution in [0.2, 0.25) is 0 Å². The largest absolute Gasteiger partial charge is 0.444 e. The molecule has 3 amide bonds. The molecule has 2 aromatic rings. The lowest BCUT2D eigenvalue weighted by atomic mass is 9.90. The average molecular weight is 455 g/mol. The molecule has 0 saturated carbocycles. The number of piperidine rings is 1. The van der Waals surface area contributed by atoms with Crippen molar-refractivity contribution in [2.45, 2.75) is 58.1 Å². The topological polar surface area (TPSA) is 103 Å². The van der Waals surface area contributed by atoms with E-state index >= 15 is 0 Å². The Balaban J connectivity index is 1.65. The van der Waals surface area contributed by atoms with E-state index in [1.54, 1.807) is 18.9 Å². The predicted molar refractivity (Wildman–Crippen MR) is 124 cm³/mol. The van der Waals surface area contributed by atoms with Crippen LogP contribution in [0.15, 0.2) is 29.1 Å². The van der Waals surface area contributed by atoms with Crippen LogP contribution in [-0.4, -0.2) is 50.6 Å². The molecule has 9 heteroatoms. The summed E-state index contributed by atoms with van der Waals surface area (Å²) in [7, 11) is 1.68. The van der Waals surface area contributed by atoms with Gasteiger partial charge < -0.3 is 9.64 Å². The lowest BCUT2D eigenvalue weighted by Gasteiger charge is -2.32. The third kappa shape index (κ3) is 4.07. The van der Waals surface area contributed by atoms with Crippen molar-refractivity contribution in [3.05, 3.63) is 40.3 Å². The van der Waals surface area contributed by atoms with Gasteiger partial charge in [0, 0.05) is 26.6 Å². The number of aryl methyl sites for hydroxylation is 1. The van der Waals surface area contributed by atoms with Crippen LogP contribution < -0.4 is 11.0 Å². The molecule has 176 valence electrons. The van der Waals surface area contributed by atoms with E-state index in [9.17, 15) is 19.2 Å². The molecule has 1 aromatic heterocycles. The van der Waals surface area contributed by atoms with Gasteiger partial charge in [-0.2, -0.15) is 0 Å². The minimum atomic E-state index is -1.13. The van der Waals surface area contributed by atoms with E-state index in [1.807, 2.05) is 45.0 Å². The summed E-state index contributed by atoms with van der Waals surface area (Å²) >= 11 is 0. The fourth-order valence-corrected chi connectivity index (χ4v) is 4.45. The van der Waals surface area contributed by atoms with Gasteiger partial charge >= 0.3 is 11.8 Å². The molecule has 1 saturated heterocycles. The molecule has 33 heavy (non-hydrogen) atoms. The molecular formula is C24H30N4O5. The van der Waals surface area contributed by atoms with Gasteiger partial charge in [0.15, 0.2) is 0 Å². The number of fused-ring (bicyclic) bond motifs is 1. The lowest BCUT2D eigenvalue weighted by Crippen LogP contribution is -2.55. The number of carbonyl (C=O) groups is 3. The number of hydrogen-bond acceptors (Lipinski definition) is 5. The van der Waals surface area contributed by atoms with Crippen molar-refractivity contribution in [3.63, 3.8) is 0 Å². The SMILES string of the molecule is Cn1c(=O)n(C2(C)CCC(=O)NC2=O)c2ccc(C3=CCN(C(=O)OC(C)(C)C)CC3)cc21. The van der Waals surface area contributed by atoms with Gasteiger partial charge in [-0.15, -0.1) is 0 Å². The van der Waals surface area contributed by atoms with Gasteiger partial charge in [0.1, 0.15) is 11.1 Å². The van der Waals surface area contributed by atoms with Gasteiger partial charge in [0.25, 0.3) is 5.91 Å². The van der Waals surface area contributed by atoms with Crippen LogP contribution in [0.25, 0.3) is 16.6 Å². The summed E-state index contributed by atoms with van der Waals surface area (Å²) in [4.78, 5) is 51.4. The van der Waals surface area contributed by atoms with Gasteiger partial charge in [0.2, 0.25) is 5.91 Å². The summed E-state index contributed by atoms with van der Waals surface area (Å²) < 4.78 is 8.48. The highest BCUT2D eigenvalue weighted by molar-refractivity contribution is 6.02. The normalized spacial score (nSPS) is 21.7. The Kier molecular flexibility index (Phi) is 5.46. The minimum Gasteiger partial charge on any atom is -0.444 e. The molecule has 0 spiro atoms. The maximum absolute atomic E-state index is 13.1. The Labute approximate surface area is 192 Å². The number of ether oxygens (including phenoxy) is 1. The monoisotopic (exact) mass is 454 g/mol. The number of nitrogens with zero attached hydrogens (tertiary/aromatic N) is 3. The number of hydrogen-bond donors (Lipinski definition) is 1. The van der Waals surface area contributed by atoms with Crippen LogP contribution in [-0.2, 0) is 26.9 Å². The van der Waals surface area contributed by atoms with E-state index in [2.05, 4.69) is 5.32 Å². The van der Waals surface area contributed by atoms with E-state index in [0.29, 0.717) is 30.5 Å². The quantitative estimate of drug-likeness (QED) is 0.703. The first-order chi connectivity index (χ1) is 15.4. The Morgan fingerprint density at radius 2 is 1.85 bits per heavy atom. The van der Waals surface area contributed by atoms with Crippen LogP contribution in [0.4, 0.5) is 4.79 Å². The standard InChI is InChI=1S/C24H30N4O5/c1-23(2,3)33-22(32)27-12-9-15(10-13-27)16-6-7-17-18(14-16)26(5)21(31)28(17)24(4)11-8-19(29)25-20(24)30/h6-7,9,14H,8,10-13H2,1-5H3,(H,25,29,30). The van der Waals surface area contributed by atoms with Crippen molar-refractivity contribution >= 4 is 34.5 Å². The number of aromatic nitrogens is 2. The van der Waals surface area contributed by atoms with Gasteiger partial charge in [-0.1, -0.05) is 12.1 Å². The summed E-state index contributed by atoms with van der Waals surface area (Å²) in [5.41, 5.74) is 1.43. The van der Waals surface area contributed by atoms with Crippen LogP contribution in [0, 0.1) is 0 Å². The first kappa shape index (κ1) is 22.8. The number of rotatable bonds is 2. The van der Waals surface area contributed by atoms with E-state index < -0.39 is 17.0 Å². The Morgan fingerprint density at radius 1 is 1.12 bits per heavy atom. The molecular weight excluding hydrogens is 424 g/mol. The summed E-state index contributed by atoms with van der Waals surface area (Å²) in [6.07, 6.45) is 2.80. The molecule has 1 N–H and O–H groups in total. The fraction of sp³-hybridized carbons (Fsp3) is 0.500. The Bertz CT molecular complexity index is 1250. The highest BCUT2D eigenvalue weighted by atomic mass is 16.6. The second kappa shape index (κ2) is 7.90. The second-order valence-electron chi connectivity index (χ2n) is 9.94. The van der Waals surface area contributed by atoms with Crippen LogP contribution in [0.1, 0.15) is 52.5 Å². The molecule has 0 bridgehead atoms. The first-order valence-corrected chi connectivity index (χ1v) is 11.1. The van der Waals surface area contributed by atoms with E-state index in [1.165, 1.54) is 9.13 Å². The summed E-state index contributed by atoms with van der Waals surface area (Å²) in [5, 5.41) is 2.36. The second-order valence-corrected chi connectivity index (χ2v) is 9.94. The molecule has 4 rings (SSSR count). The van der Waals surface area contributed by atoms with Gasteiger partial charge in [-0.3, -0.25) is 24.0 Å². The highest BCUT2D eigenvalue weighted by Crippen LogP contribution is 2.31. The third-order valence-corrected chi connectivity index (χ3v) is 6.36. The number of imide groups is 1. The summed E-state index contributed by atoms with van der Waals surface area (Å²) in [6, 6.07) is 5.72. The van der Waals surface area contributed by atoms with Crippen molar-refractivity contribution in [2.75, 3.05) is 13.1 Å². The molecule has 9 nitrogen and oxygen atoms in total. The maximum atomic E-state index is 13.1. The zero-order valence-corrected chi connectivity index (χ0v) is 19.7. The van der Waals surface area contributed by atoms with E-state index in [-0.39, 0.29) is 30.5 Å². The molecule has 1 aromatic carbocycles. The molecule has 3 heterocycles. The van der Waals surface area contributed by atoms with Gasteiger partial charge in [0.05, 0.1) is 11.0 Å². The van der Waals surface area contributed by atoms with Crippen molar-refractivity contribution in [1.29, 1.82) is 0 Å². The van der Waals surface area contributed by atoms with Crippen molar-refractivity contribution < 1.29 is 19.1 Å². The van der Waals surface area contributed by atoms with Crippen LogP contribution >= 0.6 is 0 Å². The minimum absolute atomic E-state index is 0.185. The predicted octanol–water partition coefficient (Wildman–Crippen LogP) is 2.52. The summed E-state index contributed by atoms with van der Waals surface area (Å²) in [6.45, 7) is 8.23. The van der Waals surface area contributed by atoms with Gasteiger partial charge in [-0.25, -0.2) is 9.59 Å². The van der Waals surface area contributed by atoms with Gasteiger partial charge in [-0.05, 0) is 63.8 Å². The number of nitrogens with one attached hydrogen (secondary N) is 1. The number of amides is 3. The van der Waals surface area contributed by atoms with E-state index in [0.717, 1.165) is 11.1 Å². The van der Waals surface area contributed by atoms with Crippen molar-refractivity contribution in [1.82, 2.24) is 19.4 Å². The molecule has 0 radical (unpaired) electrons. The fourth-order valence-electron chi connectivity index (χ4n) is 4.45. The van der Waals surface area contributed by atoms with Crippen LogP contribution in [0.5, 0.6) is 0 Å². The zero-order chi connectivity index (χ0) is 24.1. The molecule has 0 aliphatic carbocycles. The molecule has 1 unspecified atom stereocenters. The number of imidazole rings is 1. The smallest absolute Gasteiger partial charge is 0.410 e. The number of carbonyl (C=O) groups excluding carboxylic acids is 3. The van der Waals surface area contributed by atoms with Crippen molar-refractivity contribution in [2.24, 2.45) is 7.05 Å². The van der Waals surface area contributed by atoms with Crippen molar-refractivity contribution in [3.8, 4) is 0 Å². The Hall–Kier alpha value is -3.36. The lowest BCUT2D eigenvalue weighted by molar-refractivity contribution is -0.140. The molecule has 1 fully saturated rings. The molecule has 2 aliphatic rings.